The Morgan fingerprint density at radius 1 is 1.00 bits per heavy atom. The first-order valence-corrected chi connectivity index (χ1v) is 9.08. The van der Waals surface area contributed by atoms with Crippen molar-refractivity contribution in [1.29, 1.82) is 0 Å². The summed E-state index contributed by atoms with van der Waals surface area (Å²) in [6, 6.07) is 12.3. The highest BCUT2D eigenvalue weighted by molar-refractivity contribution is 5.99. The summed E-state index contributed by atoms with van der Waals surface area (Å²) in [5.41, 5.74) is 1.75. The van der Waals surface area contributed by atoms with Crippen LogP contribution in [0.15, 0.2) is 48.5 Å². The Morgan fingerprint density at radius 3 is 2.29 bits per heavy atom. The van der Waals surface area contributed by atoms with Crippen molar-refractivity contribution in [3.8, 4) is 0 Å². The van der Waals surface area contributed by atoms with E-state index in [1.54, 1.807) is 43.3 Å². The van der Waals surface area contributed by atoms with Crippen LogP contribution >= 0.6 is 0 Å². The maximum atomic E-state index is 12.9. The summed E-state index contributed by atoms with van der Waals surface area (Å²) in [7, 11) is 0. The van der Waals surface area contributed by atoms with Gasteiger partial charge in [-0.25, -0.2) is 9.18 Å². The molecule has 3 rings (SSSR count). The lowest BCUT2D eigenvalue weighted by molar-refractivity contribution is -0.125. The molecule has 2 aromatic rings. The minimum Gasteiger partial charge on any atom is -0.462 e. The molecule has 1 saturated carbocycles. The number of ether oxygens (including phenoxy) is 1. The summed E-state index contributed by atoms with van der Waals surface area (Å²) in [4.78, 5) is 36.1. The molecule has 0 heterocycles. The molecular formula is C21H21FN2O4. The molecule has 0 aliphatic heterocycles. The number of esters is 1. The predicted molar refractivity (Wildman–Crippen MR) is 101 cm³/mol. The maximum absolute atomic E-state index is 12.9. The van der Waals surface area contributed by atoms with Gasteiger partial charge in [-0.1, -0.05) is 12.1 Å². The Hall–Kier alpha value is -3.22. The van der Waals surface area contributed by atoms with Crippen molar-refractivity contribution in [2.24, 2.45) is 11.8 Å². The van der Waals surface area contributed by atoms with Gasteiger partial charge in [-0.2, -0.15) is 0 Å². The summed E-state index contributed by atoms with van der Waals surface area (Å²) in [6.07, 6.45) is 0.488. The highest BCUT2D eigenvalue weighted by atomic mass is 19.1. The zero-order chi connectivity index (χ0) is 20.1. The summed E-state index contributed by atoms with van der Waals surface area (Å²) in [6.45, 7) is 2.32. The van der Waals surface area contributed by atoms with Gasteiger partial charge in [0.25, 0.3) is 0 Å². The molecule has 2 amide bonds. The summed E-state index contributed by atoms with van der Waals surface area (Å²) in [5, 5.41) is 5.52. The molecule has 0 spiro atoms. The van der Waals surface area contributed by atoms with Gasteiger partial charge >= 0.3 is 5.97 Å². The van der Waals surface area contributed by atoms with Gasteiger partial charge in [-0.05, 0) is 55.3 Å². The standard InChI is InChI=1S/C21H21FN2O4/c1-2-28-21(27)14-5-9-16(10-6-14)24-20(26)18-11-17(18)19(25)23-12-13-3-7-15(22)8-4-13/h3-10,17-18H,2,11-12H2,1H3,(H,23,25)(H,24,26). The molecule has 7 heteroatoms. The van der Waals surface area contributed by atoms with Crippen LogP contribution < -0.4 is 10.6 Å². The number of nitrogens with one attached hydrogen (secondary N) is 2. The predicted octanol–water partition coefficient (Wildman–Crippen LogP) is 2.89. The molecule has 0 radical (unpaired) electrons. The van der Waals surface area contributed by atoms with Gasteiger partial charge in [0.2, 0.25) is 11.8 Å². The van der Waals surface area contributed by atoms with Crippen LogP contribution in [0.5, 0.6) is 0 Å². The topological polar surface area (TPSA) is 84.5 Å². The van der Waals surface area contributed by atoms with Crippen molar-refractivity contribution >= 4 is 23.5 Å². The van der Waals surface area contributed by atoms with E-state index in [4.69, 9.17) is 4.74 Å². The number of amides is 2. The number of halogens is 1. The van der Waals surface area contributed by atoms with Crippen LogP contribution in [0.4, 0.5) is 10.1 Å². The van der Waals surface area contributed by atoms with Crippen LogP contribution in [0.2, 0.25) is 0 Å². The monoisotopic (exact) mass is 384 g/mol. The lowest BCUT2D eigenvalue weighted by Gasteiger charge is -2.07. The third-order valence-electron chi connectivity index (χ3n) is 4.51. The molecule has 146 valence electrons. The molecule has 1 fully saturated rings. The number of anilines is 1. The fraction of sp³-hybridized carbons (Fsp3) is 0.286. The highest BCUT2D eigenvalue weighted by Crippen LogP contribution is 2.39. The second-order valence-corrected chi connectivity index (χ2v) is 6.58. The number of benzene rings is 2. The van der Waals surface area contributed by atoms with Crippen LogP contribution in [0.3, 0.4) is 0 Å². The summed E-state index contributed by atoms with van der Waals surface area (Å²) >= 11 is 0. The second-order valence-electron chi connectivity index (χ2n) is 6.58. The number of hydrogen-bond acceptors (Lipinski definition) is 4. The SMILES string of the molecule is CCOC(=O)c1ccc(NC(=O)C2CC2C(=O)NCc2ccc(F)cc2)cc1. The fourth-order valence-corrected chi connectivity index (χ4v) is 2.84. The number of hydrogen-bond donors (Lipinski definition) is 2. The second kappa shape index (κ2) is 8.65. The third-order valence-corrected chi connectivity index (χ3v) is 4.51. The van der Waals surface area contributed by atoms with E-state index in [2.05, 4.69) is 10.6 Å². The van der Waals surface area contributed by atoms with E-state index < -0.39 is 5.97 Å². The quantitative estimate of drug-likeness (QED) is 0.719. The van der Waals surface area contributed by atoms with Crippen LogP contribution in [0.1, 0.15) is 29.3 Å². The Kier molecular flexibility index (Phi) is 6.03. The molecule has 1 aliphatic carbocycles. The maximum Gasteiger partial charge on any atom is 0.338 e. The van der Waals surface area contributed by atoms with Gasteiger partial charge in [-0.3, -0.25) is 9.59 Å². The Morgan fingerprint density at radius 2 is 1.64 bits per heavy atom. The van der Waals surface area contributed by atoms with Crippen molar-refractivity contribution in [2.45, 2.75) is 19.9 Å². The Bertz CT molecular complexity index is 865. The molecule has 28 heavy (non-hydrogen) atoms. The Balaban J connectivity index is 1.46. The largest absolute Gasteiger partial charge is 0.462 e. The lowest BCUT2D eigenvalue weighted by atomic mass is 10.2. The van der Waals surface area contributed by atoms with Crippen LogP contribution in [-0.4, -0.2) is 24.4 Å². The molecule has 2 aromatic carbocycles. The smallest absolute Gasteiger partial charge is 0.338 e. The van der Waals surface area contributed by atoms with Gasteiger partial charge in [0.1, 0.15) is 5.82 Å². The van der Waals surface area contributed by atoms with Crippen LogP contribution in [-0.2, 0) is 20.9 Å². The molecule has 2 N–H and O–H groups in total. The van der Waals surface area contributed by atoms with Crippen LogP contribution in [0.25, 0.3) is 0 Å². The number of carbonyl (C=O) groups excluding carboxylic acids is 3. The van der Waals surface area contributed by atoms with E-state index in [1.165, 1.54) is 12.1 Å². The molecule has 0 aromatic heterocycles. The zero-order valence-corrected chi connectivity index (χ0v) is 15.4. The third kappa shape index (κ3) is 4.94. The first-order chi connectivity index (χ1) is 13.5. The van der Waals surface area contributed by atoms with Crippen molar-refractivity contribution in [3.63, 3.8) is 0 Å². The minimum absolute atomic E-state index is 0.192. The van der Waals surface area contributed by atoms with E-state index >= 15 is 0 Å². The molecule has 2 unspecified atom stereocenters. The Labute approximate surface area is 162 Å². The number of rotatable bonds is 7. The summed E-state index contributed by atoms with van der Waals surface area (Å²) in [5.74, 6) is -1.91. The van der Waals surface area contributed by atoms with E-state index in [0.717, 1.165) is 5.56 Å². The van der Waals surface area contributed by atoms with E-state index in [1.807, 2.05) is 0 Å². The molecule has 0 bridgehead atoms. The van der Waals surface area contributed by atoms with Gasteiger partial charge in [0.15, 0.2) is 0 Å². The van der Waals surface area contributed by atoms with Gasteiger partial charge < -0.3 is 15.4 Å². The van der Waals surface area contributed by atoms with Crippen molar-refractivity contribution in [3.05, 3.63) is 65.5 Å². The van der Waals surface area contributed by atoms with Gasteiger partial charge in [0.05, 0.1) is 24.0 Å². The van der Waals surface area contributed by atoms with Crippen LogP contribution in [0, 0.1) is 17.7 Å². The minimum atomic E-state index is -0.416. The molecule has 1 aliphatic rings. The van der Waals surface area contributed by atoms with Crippen molar-refractivity contribution < 1.29 is 23.5 Å². The van der Waals surface area contributed by atoms with Gasteiger partial charge in [0, 0.05) is 12.2 Å². The average Bonchev–Trinajstić information content (AvgIpc) is 3.49. The molecule has 2 atom stereocenters. The van der Waals surface area contributed by atoms with Crippen molar-refractivity contribution in [2.75, 3.05) is 11.9 Å². The highest BCUT2D eigenvalue weighted by Gasteiger charge is 2.47. The number of carbonyl (C=O) groups is 3. The van der Waals surface area contributed by atoms with Gasteiger partial charge in [-0.15, -0.1) is 0 Å². The first-order valence-electron chi connectivity index (χ1n) is 9.08. The zero-order valence-electron chi connectivity index (χ0n) is 15.4. The summed E-state index contributed by atoms with van der Waals surface area (Å²) < 4.78 is 17.8. The normalized spacial score (nSPS) is 17.5. The molecular weight excluding hydrogens is 363 g/mol. The van der Waals surface area contributed by atoms with Crippen molar-refractivity contribution in [1.82, 2.24) is 5.32 Å². The van der Waals surface area contributed by atoms with E-state index in [-0.39, 0.29) is 29.5 Å². The molecule has 6 nitrogen and oxygen atoms in total. The van der Waals surface area contributed by atoms with E-state index in [9.17, 15) is 18.8 Å². The average molecular weight is 384 g/mol. The van der Waals surface area contributed by atoms with E-state index in [0.29, 0.717) is 30.8 Å². The molecule has 0 saturated heterocycles. The fourth-order valence-electron chi connectivity index (χ4n) is 2.84. The lowest BCUT2D eigenvalue weighted by Crippen LogP contribution is -2.27. The first kappa shape index (κ1) is 19.5.